The van der Waals surface area contributed by atoms with Gasteiger partial charge >= 0.3 is 0 Å². The van der Waals surface area contributed by atoms with Crippen LogP contribution in [0.15, 0.2) is 12.5 Å². The smallest absolute Gasteiger partial charge is 0.223 e. The summed E-state index contributed by atoms with van der Waals surface area (Å²) >= 11 is 0. The summed E-state index contributed by atoms with van der Waals surface area (Å²) in [4.78, 5) is 18.1. The summed E-state index contributed by atoms with van der Waals surface area (Å²) < 4.78 is 0. The highest BCUT2D eigenvalue weighted by molar-refractivity contribution is 5.82. The van der Waals surface area contributed by atoms with E-state index in [0.29, 0.717) is 5.92 Å². The molecular weight excluding hydrogens is 154 g/mol. The second kappa shape index (κ2) is 2.62. The van der Waals surface area contributed by atoms with Crippen molar-refractivity contribution in [2.45, 2.75) is 12.3 Å². The van der Waals surface area contributed by atoms with Gasteiger partial charge in [-0.05, 0) is 6.42 Å². The van der Waals surface area contributed by atoms with E-state index in [-0.39, 0.29) is 11.8 Å². The van der Waals surface area contributed by atoms with Gasteiger partial charge in [0.1, 0.15) is 0 Å². The van der Waals surface area contributed by atoms with Crippen LogP contribution in [0.25, 0.3) is 0 Å². The normalized spacial score (nSPS) is 26.8. The molecule has 12 heavy (non-hydrogen) atoms. The molecule has 0 saturated heterocycles. The molecule has 0 radical (unpaired) electrons. The van der Waals surface area contributed by atoms with Gasteiger partial charge in [0.25, 0.3) is 0 Å². The van der Waals surface area contributed by atoms with Crippen molar-refractivity contribution in [3.05, 3.63) is 18.2 Å². The van der Waals surface area contributed by atoms with Crippen molar-refractivity contribution in [2.75, 3.05) is 7.05 Å². The minimum Gasteiger partial charge on any atom is -0.359 e. The highest BCUT2D eigenvalue weighted by atomic mass is 16.1. The summed E-state index contributed by atoms with van der Waals surface area (Å²) in [5.41, 5.74) is 1.07. The first-order valence-corrected chi connectivity index (χ1v) is 4.03. The molecule has 2 atom stereocenters. The number of carbonyl (C=O) groups excluding carboxylic acids is 1. The van der Waals surface area contributed by atoms with E-state index in [1.54, 1.807) is 19.6 Å². The van der Waals surface area contributed by atoms with Crippen LogP contribution in [0, 0.1) is 5.92 Å². The molecule has 0 aliphatic heterocycles. The van der Waals surface area contributed by atoms with Crippen LogP contribution in [0.5, 0.6) is 0 Å². The molecule has 1 aliphatic rings. The number of aromatic amines is 1. The van der Waals surface area contributed by atoms with Gasteiger partial charge in [0.2, 0.25) is 5.91 Å². The Morgan fingerprint density at radius 2 is 2.67 bits per heavy atom. The van der Waals surface area contributed by atoms with Crippen LogP contribution in [-0.2, 0) is 4.79 Å². The molecule has 2 N–H and O–H groups in total. The lowest BCUT2D eigenvalue weighted by Crippen LogP contribution is -2.20. The molecule has 4 heteroatoms. The first kappa shape index (κ1) is 7.34. The summed E-state index contributed by atoms with van der Waals surface area (Å²) in [7, 11) is 1.67. The van der Waals surface area contributed by atoms with Crippen LogP contribution in [0.2, 0.25) is 0 Å². The molecule has 64 valence electrons. The lowest BCUT2D eigenvalue weighted by atomic mass is 10.2. The number of hydrogen-bond acceptors (Lipinski definition) is 2. The maximum atomic E-state index is 11.1. The third-order valence-corrected chi connectivity index (χ3v) is 2.29. The van der Waals surface area contributed by atoms with Crippen LogP contribution in [-0.4, -0.2) is 22.9 Å². The quantitative estimate of drug-likeness (QED) is 0.660. The molecule has 1 heterocycles. The van der Waals surface area contributed by atoms with E-state index in [2.05, 4.69) is 15.3 Å². The Morgan fingerprint density at radius 1 is 1.83 bits per heavy atom. The monoisotopic (exact) mass is 165 g/mol. The zero-order chi connectivity index (χ0) is 8.55. The van der Waals surface area contributed by atoms with E-state index in [9.17, 15) is 4.79 Å². The standard InChI is InChI=1S/C8H11N3O/c1-9-8(12)6-2-5(6)7-3-10-4-11-7/h3-6H,2H2,1H3,(H,9,12)(H,10,11). The largest absolute Gasteiger partial charge is 0.359 e. The Morgan fingerprint density at radius 3 is 3.25 bits per heavy atom. The van der Waals surface area contributed by atoms with Crippen LogP contribution in [0.1, 0.15) is 18.0 Å². The number of rotatable bonds is 2. The van der Waals surface area contributed by atoms with Crippen molar-refractivity contribution in [2.24, 2.45) is 5.92 Å². The molecule has 1 aromatic rings. The second-order valence-corrected chi connectivity index (χ2v) is 3.07. The summed E-state index contributed by atoms with van der Waals surface area (Å²) in [5, 5.41) is 2.65. The summed E-state index contributed by atoms with van der Waals surface area (Å²) in [6.45, 7) is 0. The highest BCUT2D eigenvalue weighted by Crippen LogP contribution is 2.46. The van der Waals surface area contributed by atoms with Gasteiger partial charge in [-0.15, -0.1) is 0 Å². The molecule has 2 unspecified atom stereocenters. The van der Waals surface area contributed by atoms with Gasteiger partial charge in [0, 0.05) is 30.8 Å². The molecule has 1 saturated carbocycles. The third kappa shape index (κ3) is 1.09. The van der Waals surface area contributed by atoms with Gasteiger partial charge in [-0.3, -0.25) is 4.79 Å². The van der Waals surface area contributed by atoms with Gasteiger partial charge in [-0.25, -0.2) is 4.98 Å². The van der Waals surface area contributed by atoms with E-state index in [1.165, 1.54) is 0 Å². The Kier molecular flexibility index (Phi) is 1.60. The van der Waals surface area contributed by atoms with Crippen LogP contribution in [0.3, 0.4) is 0 Å². The molecule has 1 amide bonds. The van der Waals surface area contributed by atoms with E-state index in [4.69, 9.17) is 0 Å². The summed E-state index contributed by atoms with van der Waals surface area (Å²) in [6, 6.07) is 0. The lowest BCUT2D eigenvalue weighted by molar-refractivity contribution is -0.121. The van der Waals surface area contributed by atoms with E-state index in [1.807, 2.05) is 0 Å². The second-order valence-electron chi connectivity index (χ2n) is 3.07. The number of H-pyrrole nitrogens is 1. The fraction of sp³-hybridized carbons (Fsp3) is 0.500. The minimum absolute atomic E-state index is 0.134. The van der Waals surface area contributed by atoms with Crippen molar-refractivity contribution >= 4 is 5.91 Å². The SMILES string of the molecule is CNC(=O)C1CC1c1cnc[nH]1. The number of carbonyl (C=O) groups is 1. The average molecular weight is 165 g/mol. The first-order chi connectivity index (χ1) is 5.83. The molecule has 4 nitrogen and oxygen atoms in total. The van der Waals surface area contributed by atoms with Crippen LogP contribution < -0.4 is 5.32 Å². The van der Waals surface area contributed by atoms with Crippen LogP contribution >= 0.6 is 0 Å². The molecular formula is C8H11N3O. The van der Waals surface area contributed by atoms with Gasteiger partial charge in [-0.1, -0.05) is 0 Å². The molecule has 2 rings (SSSR count). The van der Waals surface area contributed by atoms with Crippen molar-refractivity contribution in [1.82, 2.24) is 15.3 Å². The average Bonchev–Trinajstić information content (AvgIpc) is 2.71. The third-order valence-electron chi connectivity index (χ3n) is 2.29. The topological polar surface area (TPSA) is 57.8 Å². The maximum Gasteiger partial charge on any atom is 0.223 e. The molecule has 0 bridgehead atoms. The fourth-order valence-electron chi connectivity index (χ4n) is 1.48. The van der Waals surface area contributed by atoms with Crippen molar-refractivity contribution < 1.29 is 4.79 Å². The number of aromatic nitrogens is 2. The Labute approximate surface area is 70.4 Å². The van der Waals surface area contributed by atoms with Gasteiger partial charge in [0.05, 0.1) is 6.33 Å². The van der Waals surface area contributed by atoms with Crippen molar-refractivity contribution in [1.29, 1.82) is 0 Å². The number of hydrogen-bond donors (Lipinski definition) is 2. The Balaban J connectivity index is 2.01. The zero-order valence-corrected chi connectivity index (χ0v) is 6.87. The summed E-state index contributed by atoms with van der Waals surface area (Å²) in [6.07, 6.45) is 4.38. The molecule has 0 spiro atoms. The number of imidazole rings is 1. The Bertz CT molecular complexity index is 281. The number of nitrogens with zero attached hydrogens (tertiary/aromatic N) is 1. The zero-order valence-electron chi connectivity index (χ0n) is 6.87. The van der Waals surface area contributed by atoms with E-state index >= 15 is 0 Å². The van der Waals surface area contributed by atoms with E-state index in [0.717, 1.165) is 12.1 Å². The molecule has 1 fully saturated rings. The van der Waals surface area contributed by atoms with E-state index < -0.39 is 0 Å². The summed E-state index contributed by atoms with van der Waals surface area (Å²) in [5.74, 6) is 0.664. The number of nitrogens with one attached hydrogen (secondary N) is 2. The van der Waals surface area contributed by atoms with Crippen molar-refractivity contribution in [3.63, 3.8) is 0 Å². The molecule has 1 aliphatic carbocycles. The minimum atomic E-state index is 0.134. The maximum absolute atomic E-state index is 11.1. The molecule has 1 aromatic heterocycles. The highest BCUT2D eigenvalue weighted by Gasteiger charge is 2.44. The van der Waals surface area contributed by atoms with Gasteiger partial charge < -0.3 is 10.3 Å². The van der Waals surface area contributed by atoms with Crippen LogP contribution in [0.4, 0.5) is 0 Å². The fourth-order valence-corrected chi connectivity index (χ4v) is 1.48. The first-order valence-electron chi connectivity index (χ1n) is 4.03. The molecule has 0 aromatic carbocycles. The predicted molar refractivity (Wildman–Crippen MR) is 43.5 cm³/mol. The van der Waals surface area contributed by atoms with Gasteiger partial charge in [0.15, 0.2) is 0 Å². The Hall–Kier alpha value is -1.32. The lowest BCUT2D eigenvalue weighted by Gasteiger charge is -1.95. The predicted octanol–water partition coefficient (Wildman–Crippen LogP) is 0.259. The van der Waals surface area contributed by atoms with Crippen molar-refractivity contribution in [3.8, 4) is 0 Å². The van der Waals surface area contributed by atoms with Gasteiger partial charge in [-0.2, -0.15) is 0 Å². The number of amides is 1.